The number of carboxylic acids is 1. The summed E-state index contributed by atoms with van der Waals surface area (Å²) in [6, 6.07) is 0. The Morgan fingerprint density at radius 1 is 1.67 bits per heavy atom. The highest BCUT2D eigenvalue weighted by Crippen LogP contribution is 2.12. The fraction of sp³-hybridized carbons (Fsp3) is 0.667. The molecule has 0 bridgehead atoms. The van der Waals surface area contributed by atoms with Gasteiger partial charge < -0.3 is 5.11 Å². The number of aryl methyl sites for hydroxylation is 1. The van der Waals surface area contributed by atoms with Gasteiger partial charge in [0.1, 0.15) is 0 Å². The Hall–Kier alpha value is -0.960. The normalized spacial score (nSPS) is 12.6. The number of thioether (sulfide) groups is 1. The van der Waals surface area contributed by atoms with Gasteiger partial charge in [0.15, 0.2) is 0 Å². The summed E-state index contributed by atoms with van der Waals surface area (Å²) in [4.78, 5) is 10.3. The minimum Gasteiger partial charge on any atom is -0.481 e. The van der Waals surface area contributed by atoms with E-state index in [1.807, 2.05) is 0 Å². The lowest BCUT2D eigenvalue weighted by Crippen LogP contribution is -2.10. The SMILES string of the molecule is CS(=O)CCn1nnnc1SCC(=O)O. The van der Waals surface area contributed by atoms with Crippen molar-refractivity contribution >= 4 is 28.5 Å². The molecule has 0 aromatic carbocycles. The van der Waals surface area contributed by atoms with Crippen molar-refractivity contribution in [3.63, 3.8) is 0 Å². The maximum Gasteiger partial charge on any atom is 0.313 e. The van der Waals surface area contributed by atoms with E-state index in [0.29, 0.717) is 17.5 Å². The van der Waals surface area contributed by atoms with Crippen molar-refractivity contribution in [2.24, 2.45) is 0 Å². The third-order valence-corrected chi connectivity index (χ3v) is 3.11. The van der Waals surface area contributed by atoms with Gasteiger partial charge in [-0.15, -0.1) is 5.10 Å². The fourth-order valence-electron chi connectivity index (χ4n) is 0.781. The summed E-state index contributed by atoms with van der Waals surface area (Å²) in [5, 5.41) is 19.7. The number of carboxylic acid groups (broad SMARTS) is 1. The Balaban J connectivity index is 2.53. The second kappa shape index (κ2) is 5.81. The quantitative estimate of drug-likeness (QED) is 0.662. The molecule has 1 heterocycles. The number of nitrogens with zero attached hydrogens (tertiary/aromatic N) is 4. The Kier molecular flexibility index (Phi) is 4.69. The summed E-state index contributed by atoms with van der Waals surface area (Å²) in [7, 11) is -0.913. The molecule has 0 aliphatic rings. The molecule has 0 saturated carbocycles. The van der Waals surface area contributed by atoms with Gasteiger partial charge in [-0.3, -0.25) is 9.00 Å². The maximum absolute atomic E-state index is 10.8. The lowest BCUT2D eigenvalue weighted by atomic mass is 10.8. The van der Waals surface area contributed by atoms with Crippen molar-refractivity contribution in [3.05, 3.63) is 0 Å². The lowest BCUT2D eigenvalue weighted by Gasteiger charge is -2.00. The van der Waals surface area contributed by atoms with Gasteiger partial charge in [0, 0.05) is 22.8 Å². The molecule has 1 rings (SSSR count). The molecule has 0 fully saturated rings. The van der Waals surface area contributed by atoms with Crippen LogP contribution in [-0.2, 0) is 22.1 Å². The molecule has 0 amide bonds. The van der Waals surface area contributed by atoms with Gasteiger partial charge in [0.25, 0.3) is 0 Å². The zero-order valence-corrected chi connectivity index (χ0v) is 9.62. The Bertz CT molecular complexity index is 335. The van der Waals surface area contributed by atoms with Gasteiger partial charge in [-0.05, 0) is 10.4 Å². The number of aliphatic carboxylic acids is 1. The minimum absolute atomic E-state index is 0.0877. The van der Waals surface area contributed by atoms with Crippen LogP contribution in [0, 0.1) is 0 Å². The largest absolute Gasteiger partial charge is 0.481 e. The van der Waals surface area contributed by atoms with Crippen LogP contribution in [0.2, 0.25) is 0 Å². The van der Waals surface area contributed by atoms with Gasteiger partial charge in [-0.2, -0.15) is 0 Å². The van der Waals surface area contributed by atoms with E-state index in [1.54, 1.807) is 6.26 Å². The standard InChI is InChI=1S/C6H10N4O3S2/c1-15(13)3-2-10-6(7-8-9-10)14-4-5(11)12/h2-4H2,1H3,(H,11,12). The average Bonchev–Trinajstić information content (AvgIpc) is 2.58. The van der Waals surface area contributed by atoms with Crippen molar-refractivity contribution in [1.29, 1.82) is 0 Å². The first-order chi connectivity index (χ1) is 7.09. The van der Waals surface area contributed by atoms with Gasteiger partial charge in [-0.25, -0.2) is 4.68 Å². The molecule has 0 saturated heterocycles. The van der Waals surface area contributed by atoms with E-state index >= 15 is 0 Å². The molecule has 15 heavy (non-hydrogen) atoms. The Morgan fingerprint density at radius 2 is 2.40 bits per heavy atom. The van der Waals surface area contributed by atoms with Gasteiger partial charge in [0.05, 0.1) is 12.3 Å². The highest BCUT2D eigenvalue weighted by Gasteiger charge is 2.09. The van der Waals surface area contributed by atoms with Crippen LogP contribution < -0.4 is 0 Å². The highest BCUT2D eigenvalue weighted by atomic mass is 32.2. The molecule has 1 aromatic heterocycles. The van der Waals surface area contributed by atoms with Crippen LogP contribution in [0.15, 0.2) is 5.16 Å². The first-order valence-electron chi connectivity index (χ1n) is 4.00. The molecule has 0 aliphatic heterocycles. The zero-order chi connectivity index (χ0) is 11.3. The van der Waals surface area contributed by atoms with Crippen LogP contribution in [0.3, 0.4) is 0 Å². The smallest absolute Gasteiger partial charge is 0.313 e. The van der Waals surface area contributed by atoms with E-state index in [0.717, 1.165) is 11.8 Å². The third kappa shape index (κ3) is 4.38. The van der Waals surface area contributed by atoms with Crippen LogP contribution in [0.1, 0.15) is 0 Å². The van der Waals surface area contributed by atoms with E-state index < -0.39 is 16.8 Å². The molecule has 1 aromatic rings. The number of aromatic nitrogens is 4. The van der Waals surface area contributed by atoms with Crippen LogP contribution in [0.5, 0.6) is 0 Å². The van der Waals surface area contributed by atoms with Crippen molar-refractivity contribution < 1.29 is 14.1 Å². The predicted octanol–water partition coefficient (Wildman–Crippen LogP) is -0.772. The number of carbonyl (C=O) groups is 1. The van der Waals surface area contributed by atoms with Crippen molar-refractivity contribution in [1.82, 2.24) is 20.2 Å². The van der Waals surface area contributed by atoms with Crippen LogP contribution in [0.4, 0.5) is 0 Å². The Morgan fingerprint density at radius 3 is 3.00 bits per heavy atom. The average molecular weight is 250 g/mol. The van der Waals surface area contributed by atoms with Gasteiger partial charge >= 0.3 is 5.97 Å². The van der Waals surface area contributed by atoms with Crippen LogP contribution in [-0.4, -0.2) is 53.3 Å². The second-order valence-electron chi connectivity index (χ2n) is 2.64. The maximum atomic E-state index is 10.8. The third-order valence-electron chi connectivity index (χ3n) is 1.41. The van der Waals surface area contributed by atoms with Gasteiger partial charge in [-0.1, -0.05) is 11.8 Å². The Labute approximate surface area is 92.7 Å². The summed E-state index contributed by atoms with van der Waals surface area (Å²) in [6.07, 6.45) is 1.59. The monoisotopic (exact) mass is 250 g/mol. The van der Waals surface area contributed by atoms with E-state index in [9.17, 15) is 9.00 Å². The minimum atomic E-state index is -0.923. The summed E-state index contributed by atoms with van der Waals surface area (Å²) in [6.45, 7) is 0.429. The molecule has 0 spiro atoms. The molecule has 84 valence electrons. The number of rotatable bonds is 6. The molecule has 1 atom stereocenters. The molecule has 0 aliphatic carbocycles. The molecule has 1 unspecified atom stereocenters. The van der Waals surface area contributed by atoms with Crippen molar-refractivity contribution in [2.75, 3.05) is 17.8 Å². The molecule has 9 heteroatoms. The first-order valence-corrected chi connectivity index (χ1v) is 6.71. The number of hydrogen-bond donors (Lipinski definition) is 1. The first kappa shape index (κ1) is 12.1. The highest BCUT2D eigenvalue weighted by molar-refractivity contribution is 7.99. The molecular weight excluding hydrogens is 240 g/mol. The van der Waals surface area contributed by atoms with E-state index in [1.165, 1.54) is 4.68 Å². The van der Waals surface area contributed by atoms with E-state index in [4.69, 9.17) is 5.11 Å². The summed E-state index contributed by atoms with van der Waals surface area (Å²) in [5.74, 6) is -0.560. The van der Waals surface area contributed by atoms with Crippen molar-refractivity contribution in [3.8, 4) is 0 Å². The number of tetrazole rings is 1. The molecule has 0 radical (unpaired) electrons. The predicted molar refractivity (Wildman–Crippen MR) is 55.1 cm³/mol. The lowest BCUT2D eigenvalue weighted by molar-refractivity contribution is -0.133. The van der Waals surface area contributed by atoms with Gasteiger partial charge in [0.2, 0.25) is 5.16 Å². The summed E-state index contributed by atoms with van der Waals surface area (Å²) >= 11 is 1.04. The second-order valence-corrected chi connectivity index (χ2v) is 5.14. The zero-order valence-electron chi connectivity index (χ0n) is 7.99. The molecule has 1 N–H and O–H groups in total. The summed E-state index contributed by atoms with van der Waals surface area (Å²) < 4.78 is 12.3. The molecular formula is C6H10N4O3S2. The van der Waals surface area contributed by atoms with E-state index in [2.05, 4.69) is 15.5 Å². The topological polar surface area (TPSA) is 98.0 Å². The number of hydrogen-bond acceptors (Lipinski definition) is 6. The fourth-order valence-corrected chi connectivity index (χ4v) is 1.84. The summed E-state index contributed by atoms with van der Waals surface area (Å²) in [5.41, 5.74) is 0. The van der Waals surface area contributed by atoms with Crippen LogP contribution >= 0.6 is 11.8 Å². The van der Waals surface area contributed by atoms with E-state index in [-0.39, 0.29) is 5.75 Å². The van der Waals surface area contributed by atoms with Crippen LogP contribution in [0.25, 0.3) is 0 Å². The molecule has 7 nitrogen and oxygen atoms in total. The van der Waals surface area contributed by atoms with Crippen molar-refractivity contribution in [2.45, 2.75) is 11.7 Å².